The van der Waals surface area contributed by atoms with Crippen LogP contribution in [0.4, 0.5) is 0 Å². The highest BCUT2D eigenvalue weighted by molar-refractivity contribution is 5.54. The molecular formula is C14H23N. The van der Waals surface area contributed by atoms with E-state index in [2.05, 4.69) is 47.6 Å². The van der Waals surface area contributed by atoms with Crippen molar-refractivity contribution >= 4 is 0 Å². The predicted molar refractivity (Wildman–Crippen MR) is 67.4 cm³/mol. The molecule has 0 aromatic rings. The lowest BCUT2D eigenvalue weighted by Crippen LogP contribution is -2.26. The fraction of sp³-hybridized carbons (Fsp3) is 0.571. The third-order valence-electron chi connectivity index (χ3n) is 3.79. The Morgan fingerprint density at radius 2 is 1.67 bits per heavy atom. The summed E-state index contributed by atoms with van der Waals surface area (Å²) in [6.45, 7) is 13.2. The minimum Gasteiger partial charge on any atom is -0.398 e. The van der Waals surface area contributed by atoms with Gasteiger partial charge in [-0.05, 0) is 43.9 Å². The first-order valence-corrected chi connectivity index (χ1v) is 5.69. The normalized spacial score (nSPS) is 24.0. The molecule has 84 valence electrons. The van der Waals surface area contributed by atoms with Gasteiger partial charge in [0, 0.05) is 11.1 Å². The first-order valence-electron chi connectivity index (χ1n) is 5.69. The molecule has 1 aliphatic rings. The lowest BCUT2D eigenvalue weighted by atomic mass is 9.69. The van der Waals surface area contributed by atoms with Gasteiger partial charge in [0.2, 0.25) is 0 Å². The highest BCUT2D eigenvalue weighted by atomic mass is 14.6. The summed E-state index contributed by atoms with van der Waals surface area (Å²) in [5.41, 5.74) is 12.5. The Morgan fingerprint density at radius 1 is 1.13 bits per heavy atom. The van der Waals surface area contributed by atoms with Gasteiger partial charge in [-0.15, -0.1) is 0 Å². The number of nitrogens with two attached hydrogens (primary N) is 1. The van der Waals surface area contributed by atoms with Crippen LogP contribution in [-0.2, 0) is 0 Å². The van der Waals surface area contributed by atoms with Gasteiger partial charge in [-0.2, -0.15) is 0 Å². The fourth-order valence-electron chi connectivity index (χ4n) is 2.38. The summed E-state index contributed by atoms with van der Waals surface area (Å²) in [6, 6.07) is 0. The minimum absolute atomic E-state index is 0.132. The van der Waals surface area contributed by atoms with Crippen molar-refractivity contribution in [3.8, 4) is 0 Å². The van der Waals surface area contributed by atoms with Crippen LogP contribution in [0.5, 0.6) is 0 Å². The molecule has 1 nitrogen and oxygen atoms in total. The summed E-state index contributed by atoms with van der Waals surface area (Å²) in [4.78, 5) is 0. The number of rotatable bonds is 1. The Hall–Kier alpha value is -0.980. The first kappa shape index (κ1) is 12.1. The maximum atomic E-state index is 6.13. The number of allylic oxidation sites excluding steroid dienone is 5. The van der Waals surface area contributed by atoms with E-state index in [1.165, 1.54) is 22.3 Å². The zero-order valence-corrected chi connectivity index (χ0v) is 10.9. The van der Waals surface area contributed by atoms with Crippen molar-refractivity contribution in [2.75, 3.05) is 0 Å². The Balaban J connectivity index is 3.43. The largest absolute Gasteiger partial charge is 0.398 e. The van der Waals surface area contributed by atoms with Gasteiger partial charge in [0.15, 0.2) is 0 Å². The second-order valence-electron chi connectivity index (χ2n) is 4.94. The Morgan fingerprint density at radius 3 is 2.13 bits per heavy atom. The molecule has 0 spiro atoms. The van der Waals surface area contributed by atoms with Crippen LogP contribution in [0.15, 0.2) is 34.1 Å². The minimum atomic E-state index is 0.132. The first-order chi connectivity index (χ1) is 6.84. The molecule has 1 rings (SSSR count). The van der Waals surface area contributed by atoms with Crippen molar-refractivity contribution in [3.05, 3.63) is 34.1 Å². The van der Waals surface area contributed by atoms with Crippen LogP contribution in [0.2, 0.25) is 0 Å². The summed E-state index contributed by atoms with van der Waals surface area (Å²) in [7, 11) is 0. The maximum absolute atomic E-state index is 6.13. The van der Waals surface area contributed by atoms with Crippen LogP contribution in [0.3, 0.4) is 0 Å². The Labute approximate surface area is 93.7 Å². The molecule has 0 unspecified atom stereocenters. The maximum Gasteiger partial charge on any atom is 0.0376 e. The molecule has 15 heavy (non-hydrogen) atoms. The van der Waals surface area contributed by atoms with E-state index in [9.17, 15) is 0 Å². The SMILES string of the molecule is CC/C=C1\C(C)=C(N)C(C)=C(C)C1(C)C. The van der Waals surface area contributed by atoms with Crippen LogP contribution < -0.4 is 5.73 Å². The van der Waals surface area contributed by atoms with Gasteiger partial charge in [0.05, 0.1) is 0 Å². The van der Waals surface area contributed by atoms with E-state index >= 15 is 0 Å². The zero-order chi connectivity index (χ0) is 11.8. The zero-order valence-electron chi connectivity index (χ0n) is 10.9. The summed E-state index contributed by atoms with van der Waals surface area (Å²) >= 11 is 0. The van der Waals surface area contributed by atoms with Crippen LogP contribution >= 0.6 is 0 Å². The molecule has 0 aliphatic heterocycles. The third kappa shape index (κ3) is 1.75. The van der Waals surface area contributed by atoms with Crippen molar-refractivity contribution in [1.29, 1.82) is 0 Å². The van der Waals surface area contributed by atoms with Gasteiger partial charge in [0.1, 0.15) is 0 Å². The van der Waals surface area contributed by atoms with Crippen molar-refractivity contribution in [3.63, 3.8) is 0 Å². The van der Waals surface area contributed by atoms with Gasteiger partial charge in [-0.1, -0.05) is 32.4 Å². The standard InChI is InChI=1S/C14H23N/c1-7-8-12-10(3)13(15)9(2)11(4)14(12,5)6/h8H,7,15H2,1-6H3/b12-8+. The predicted octanol–water partition coefficient (Wildman–Crippen LogP) is 3.93. The molecule has 0 amide bonds. The van der Waals surface area contributed by atoms with Gasteiger partial charge < -0.3 is 5.73 Å². The van der Waals surface area contributed by atoms with E-state index in [0.29, 0.717) is 0 Å². The molecule has 0 aromatic heterocycles. The van der Waals surface area contributed by atoms with Gasteiger partial charge in [0.25, 0.3) is 0 Å². The average molecular weight is 205 g/mol. The van der Waals surface area contributed by atoms with E-state index in [0.717, 1.165) is 12.1 Å². The molecular weight excluding hydrogens is 182 g/mol. The van der Waals surface area contributed by atoms with Crippen molar-refractivity contribution in [1.82, 2.24) is 0 Å². The molecule has 0 atom stereocenters. The summed E-state index contributed by atoms with van der Waals surface area (Å²) in [5.74, 6) is 0. The molecule has 0 saturated carbocycles. The molecule has 0 saturated heterocycles. The number of hydrogen-bond acceptors (Lipinski definition) is 1. The smallest absolute Gasteiger partial charge is 0.0376 e. The highest BCUT2D eigenvalue weighted by Gasteiger charge is 2.32. The summed E-state index contributed by atoms with van der Waals surface area (Å²) < 4.78 is 0. The van der Waals surface area contributed by atoms with E-state index in [-0.39, 0.29) is 5.41 Å². The quantitative estimate of drug-likeness (QED) is 0.689. The third-order valence-corrected chi connectivity index (χ3v) is 3.79. The van der Waals surface area contributed by atoms with Crippen LogP contribution in [0.25, 0.3) is 0 Å². The van der Waals surface area contributed by atoms with E-state index in [1.807, 2.05) is 0 Å². The van der Waals surface area contributed by atoms with Crippen molar-refractivity contribution in [2.45, 2.75) is 48.0 Å². The van der Waals surface area contributed by atoms with Gasteiger partial charge in [-0.3, -0.25) is 0 Å². The van der Waals surface area contributed by atoms with E-state index < -0.39 is 0 Å². The fourth-order valence-corrected chi connectivity index (χ4v) is 2.38. The summed E-state index contributed by atoms with van der Waals surface area (Å²) in [5, 5.41) is 0. The number of hydrogen-bond donors (Lipinski definition) is 1. The van der Waals surface area contributed by atoms with Crippen molar-refractivity contribution < 1.29 is 0 Å². The monoisotopic (exact) mass is 205 g/mol. The average Bonchev–Trinajstić information content (AvgIpc) is 2.19. The second-order valence-corrected chi connectivity index (χ2v) is 4.94. The highest BCUT2D eigenvalue weighted by Crippen LogP contribution is 2.45. The molecule has 0 radical (unpaired) electrons. The van der Waals surface area contributed by atoms with Crippen LogP contribution in [0.1, 0.15) is 48.0 Å². The van der Waals surface area contributed by atoms with Crippen LogP contribution in [0, 0.1) is 5.41 Å². The molecule has 1 aliphatic carbocycles. The molecule has 1 heteroatoms. The Kier molecular flexibility index (Phi) is 3.13. The molecule has 2 N–H and O–H groups in total. The van der Waals surface area contributed by atoms with E-state index in [1.54, 1.807) is 0 Å². The summed E-state index contributed by atoms with van der Waals surface area (Å²) in [6.07, 6.45) is 3.37. The molecule has 0 heterocycles. The van der Waals surface area contributed by atoms with Gasteiger partial charge >= 0.3 is 0 Å². The second kappa shape index (κ2) is 3.88. The molecule has 0 bridgehead atoms. The lowest BCUT2D eigenvalue weighted by molar-refractivity contribution is 0.527. The topological polar surface area (TPSA) is 26.0 Å². The van der Waals surface area contributed by atoms with Crippen LogP contribution in [-0.4, -0.2) is 0 Å². The Bertz CT molecular complexity index is 365. The van der Waals surface area contributed by atoms with Crippen molar-refractivity contribution in [2.24, 2.45) is 11.1 Å². The lowest BCUT2D eigenvalue weighted by Gasteiger charge is -2.37. The van der Waals surface area contributed by atoms with E-state index in [4.69, 9.17) is 5.73 Å². The van der Waals surface area contributed by atoms with Gasteiger partial charge in [-0.25, -0.2) is 0 Å². The molecule has 0 fully saturated rings. The molecule has 0 aromatic carbocycles.